The smallest absolute Gasteiger partial charge is 0.00970 e. The molecule has 2 heteroatoms. The number of rotatable bonds is 11. The first-order valence-electron chi connectivity index (χ1n) is 7.35. The van der Waals surface area contributed by atoms with Crippen molar-refractivity contribution in [2.45, 2.75) is 96.9 Å². The number of hydrogen-bond acceptors (Lipinski definition) is 1. The SMILES string of the molecule is Br.CCCCCCCCCCCCC(C)(C)N. The average molecular weight is 308 g/mol. The zero-order valence-corrected chi connectivity index (χ0v) is 14.0. The Bertz CT molecular complexity index is 140. The molecule has 0 aliphatic heterocycles. The van der Waals surface area contributed by atoms with Crippen LogP contribution in [0.3, 0.4) is 0 Å². The van der Waals surface area contributed by atoms with Crippen molar-refractivity contribution in [2.75, 3.05) is 0 Å². The van der Waals surface area contributed by atoms with E-state index in [2.05, 4.69) is 20.8 Å². The van der Waals surface area contributed by atoms with Gasteiger partial charge in [-0.25, -0.2) is 0 Å². The molecule has 0 bridgehead atoms. The average Bonchev–Trinajstić information content (AvgIpc) is 2.19. The van der Waals surface area contributed by atoms with Gasteiger partial charge >= 0.3 is 0 Å². The predicted octanol–water partition coefficient (Wildman–Crippen LogP) is 5.61. The predicted molar refractivity (Wildman–Crippen MR) is 85.0 cm³/mol. The van der Waals surface area contributed by atoms with Crippen LogP contribution < -0.4 is 5.73 Å². The normalized spacial score (nSPS) is 11.3. The number of unbranched alkanes of at least 4 members (excludes halogenated alkanes) is 9. The molecular formula is C15H34BrN. The lowest BCUT2D eigenvalue weighted by Crippen LogP contribution is -2.31. The lowest BCUT2D eigenvalue weighted by molar-refractivity contribution is 0.440. The van der Waals surface area contributed by atoms with E-state index < -0.39 is 0 Å². The summed E-state index contributed by atoms with van der Waals surface area (Å²) in [4.78, 5) is 0. The van der Waals surface area contributed by atoms with Gasteiger partial charge in [-0.05, 0) is 20.3 Å². The Morgan fingerprint density at radius 1 is 0.706 bits per heavy atom. The highest BCUT2D eigenvalue weighted by molar-refractivity contribution is 8.93. The number of nitrogens with two attached hydrogens (primary N) is 1. The van der Waals surface area contributed by atoms with Crippen molar-refractivity contribution in [2.24, 2.45) is 5.73 Å². The lowest BCUT2D eigenvalue weighted by atomic mass is 9.97. The van der Waals surface area contributed by atoms with Crippen LogP contribution >= 0.6 is 17.0 Å². The van der Waals surface area contributed by atoms with Gasteiger partial charge in [0.25, 0.3) is 0 Å². The van der Waals surface area contributed by atoms with Crippen molar-refractivity contribution in [3.8, 4) is 0 Å². The van der Waals surface area contributed by atoms with E-state index in [1.807, 2.05) is 0 Å². The monoisotopic (exact) mass is 307 g/mol. The van der Waals surface area contributed by atoms with E-state index in [0.717, 1.165) is 0 Å². The summed E-state index contributed by atoms with van der Waals surface area (Å²) < 4.78 is 0. The third-order valence-electron chi connectivity index (χ3n) is 3.17. The van der Waals surface area contributed by atoms with Crippen molar-refractivity contribution in [3.05, 3.63) is 0 Å². The second-order valence-electron chi connectivity index (χ2n) is 5.92. The Labute approximate surface area is 120 Å². The maximum Gasteiger partial charge on any atom is 0.00970 e. The summed E-state index contributed by atoms with van der Waals surface area (Å²) in [5, 5.41) is 0. The van der Waals surface area contributed by atoms with E-state index in [-0.39, 0.29) is 22.5 Å². The summed E-state index contributed by atoms with van der Waals surface area (Å²) in [6, 6.07) is 0. The quantitative estimate of drug-likeness (QED) is 0.493. The zero-order valence-electron chi connectivity index (χ0n) is 12.3. The third-order valence-corrected chi connectivity index (χ3v) is 3.17. The topological polar surface area (TPSA) is 26.0 Å². The van der Waals surface area contributed by atoms with Gasteiger partial charge in [0.15, 0.2) is 0 Å². The fraction of sp³-hybridized carbons (Fsp3) is 1.00. The molecule has 0 spiro atoms. The van der Waals surface area contributed by atoms with Crippen LogP contribution in [0.4, 0.5) is 0 Å². The van der Waals surface area contributed by atoms with Gasteiger partial charge in [-0.3, -0.25) is 0 Å². The van der Waals surface area contributed by atoms with Crippen LogP contribution in [-0.4, -0.2) is 5.54 Å². The van der Waals surface area contributed by atoms with Crippen molar-refractivity contribution >= 4 is 17.0 Å². The summed E-state index contributed by atoms with van der Waals surface area (Å²) in [5.41, 5.74) is 5.99. The van der Waals surface area contributed by atoms with E-state index in [1.54, 1.807) is 0 Å². The molecular weight excluding hydrogens is 274 g/mol. The molecule has 0 atom stereocenters. The molecule has 0 fully saturated rings. The molecule has 0 radical (unpaired) electrons. The lowest BCUT2D eigenvalue weighted by Gasteiger charge is -2.17. The molecule has 0 amide bonds. The molecule has 0 saturated heterocycles. The molecule has 17 heavy (non-hydrogen) atoms. The molecule has 106 valence electrons. The summed E-state index contributed by atoms with van der Waals surface area (Å²) in [6.07, 6.45) is 15.2. The Morgan fingerprint density at radius 2 is 1.06 bits per heavy atom. The number of hydrogen-bond donors (Lipinski definition) is 1. The van der Waals surface area contributed by atoms with E-state index in [0.29, 0.717) is 0 Å². The van der Waals surface area contributed by atoms with Crippen LogP contribution in [-0.2, 0) is 0 Å². The van der Waals surface area contributed by atoms with Crippen molar-refractivity contribution < 1.29 is 0 Å². The van der Waals surface area contributed by atoms with Gasteiger partial charge in [0.1, 0.15) is 0 Å². The van der Waals surface area contributed by atoms with E-state index in [1.165, 1.54) is 70.6 Å². The molecule has 0 aliphatic rings. The van der Waals surface area contributed by atoms with Crippen LogP contribution in [0.1, 0.15) is 91.4 Å². The van der Waals surface area contributed by atoms with Crippen LogP contribution in [0, 0.1) is 0 Å². The highest BCUT2D eigenvalue weighted by Crippen LogP contribution is 2.14. The maximum atomic E-state index is 5.94. The molecule has 0 saturated carbocycles. The van der Waals surface area contributed by atoms with E-state index in [4.69, 9.17) is 5.73 Å². The minimum atomic E-state index is 0. The summed E-state index contributed by atoms with van der Waals surface area (Å²) in [7, 11) is 0. The minimum Gasteiger partial charge on any atom is -0.326 e. The molecule has 0 unspecified atom stereocenters. The van der Waals surface area contributed by atoms with Crippen LogP contribution in [0.5, 0.6) is 0 Å². The van der Waals surface area contributed by atoms with E-state index in [9.17, 15) is 0 Å². The molecule has 2 N–H and O–H groups in total. The summed E-state index contributed by atoms with van der Waals surface area (Å²) in [5.74, 6) is 0. The van der Waals surface area contributed by atoms with Gasteiger partial charge in [-0.2, -0.15) is 0 Å². The second-order valence-corrected chi connectivity index (χ2v) is 5.92. The Balaban J connectivity index is 0. The maximum absolute atomic E-state index is 5.94. The zero-order chi connectivity index (χ0) is 12.3. The van der Waals surface area contributed by atoms with E-state index >= 15 is 0 Å². The largest absolute Gasteiger partial charge is 0.326 e. The van der Waals surface area contributed by atoms with Gasteiger partial charge in [0.2, 0.25) is 0 Å². The Kier molecular flexibility index (Phi) is 15.0. The molecule has 0 aromatic carbocycles. The molecule has 0 rings (SSSR count). The van der Waals surface area contributed by atoms with Crippen molar-refractivity contribution in [3.63, 3.8) is 0 Å². The Hall–Kier alpha value is 0.440. The summed E-state index contributed by atoms with van der Waals surface area (Å²) in [6.45, 7) is 6.53. The van der Waals surface area contributed by atoms with Gasteiger partial charge < -0.3 is 5.73 Å². The molecule has 0 aliphatic carbocycles. The molecule has 0 aromatic rings. The van der Waals surface area contributed by atoms with Crippen molar-refractivity contribution in [1.29, 1.82) is 0 Å². The standard InChI is InChI=1S/C15H33N.BrH/c1-4-5-6-7-8-9-10-11-12-13-14-15(2,3)16;/h4-14,16H2,1-3H3;1H. The first-order chi connectivity index (χ1) is 7.56. The van der Waals surface area contributed by atoms with Gasteiger partial charge in [0.05, 0.1) is 0 Å². The second kappa shape index (κ2) is 12.9. The Morgan fingerprint density at radius 3 is 1.41 bits per heavy atom. The first kappa shape index (κ1) is 19.8. The fourth-order valence-electron chi connectivity index (χ4n) is 2.07. The minimum absolute atomic E-state index is 0. The molecule has 0 heterocycles. The van der Waals surface area contributed by atoms with Gasteiger partial charge in [-0.1, -0.05) is 71.1 Å². The third kappa shape index (κ3) is 19.0. The number of halogens is 1. The highest BCUT2D eigenvalue weighted by Gasteiger charge is 2.08. The fourth-order valence-corrected chi connectivity index (χ4v) is 2.07. The van der Waals surface area contributed by atoms with Crippen LogP contribution in [0.2, 0.25) is 0 Å². The highest BCUT2D eigenvalue weighted by atomic mass is 79.9. The van der Waals surface area contributed by atoms with Crippen LogP contribution in [0.25, 0.3) is 0 Å². The van der Waals surface area contributed by atoms with Gasteiger partial charge in [0, 0.05) is 5.54 Å². The first-order valence-corrected chi connectivity index (χ1v) is 7.35. The summed E-state index contributed by atoms with van der Waals surface area (Å²) >= 11 is 0. The molecule has 1 nitrogen and oxygen atoms in total. The van der Waals surface area contributed by atoms with Gasteiger partial charge in [-0.15, -0.1) is 17.0 Å². The van der Waals surface area contributed by atoms with Crippen molar-refractivity contribution in [1.82, 2.24) is 0 Å². The van der Waals surface area contributed by atoms with Crippen LogP contribution in [0.15, 0.2) is 0 Å². The molecule has 0 aromatic heterocycles.